The number of rotatable bonds is 4. The zero-order valence-electron chi connectivity index (χ0n) is 17.9. The van der Waals surface area contributed by atoms with E-state index in [0.717, 1.165) is 11.1 Å². The van der Waals surface area contributed by atoms with Gasteiger partial charge in [0.25, 0.3) is 5.91 Å². The largest absolute Gasteiger partial charge is 0.298 e. The molecule has 0 bridgehead atoms. The molecule has 0 saturated carbocycles. The molecular weight excluding hydrogens is 391 g/mol. The lowest BCUT2D eigenvalue weighted by Crippen LogP contribution is -2.56. The quantitative estimate of drug-likeness (QED) is 0.573. The Labute approximate surface area is 181 Å². The third kappa shape index (κ3) is 3.96. The first-order valence-corrected chi connectivity index (χ1v) is 10.4. The smallest absolute Gasteiger partial charge is 0.255 e. The van der Waals surface area contributed by atoms with Crippen LogP contribution in [0.25, 0.3) is 0 Å². The fourth-order valence-corrected chi connectivity index (χ4v) is 3.92. The maximum atomic E-state index is 14.5. The summed E-state index contributed by atoms with van der Waals surface area (Å²) < 4.78 is 14.5. The minimum absolute atomic E-state index is 0.119. The predicted molar refractivity (Wildman–Crippen MR) is 121 cm³/mol. The molecule has 0 radical (unpaired) electrons. The Morgan fingerprint density at radius 1 is 0.903 bits per heavy atom. The van der Waals surface area contributed by atoms with Crippen LogP contribution in [-0.2, 0) is 9.59 Å². The molecule has 1 aliphatic heterocycles. The molecule has 4 nitrogen and oxygen atoms in total. The minimum atomic E-state index is -0.871. The first-order valence-electron chi connectivity index (χ1n) is 10.4. The van der Waals surface area contributed by atoms with Crippen molar-refractivity contribution in [2.45, 2.75) is 32.7 Å². The number of para-hydroxylation sites is 1. The van der Waals surface area contributed by atoms with Gasteiger partial charge in [-0.3, -0.25) is 19.4 Å². The highest BCUT2D eigenvalue weighted by molar-refractivity contribution is 6.14. The van der Waals surface area contributed by atoms with Gasteiger partial charge >= 0.3 is 0 Å². The molecule has 31 heavy (non-hydrogen) atoms. The van der Waals surface area contributed by atoms with Gasteiger partial charge in [0.1, 0.15) is 18.4 Å². The number of benzene rings is 3. The van der Waals surface area contributed by atoms with Crippen LogP contribution >= 0.6 is 0 Å². The molecule has 158 valence electrons. The Morgan fingerprint density at radius 2 is 1.55 bits per heavy atom. The maximum Gasteiger partial charge on any atom is 0.255 e. The van der Waals surface area contributed by atoms with Crippen LogP contribution in [0.1, 0.15) is 42.5 Å². The van der Waals surface area contributed by atoms with Crippen LogP contribution in [0.2, 0.25) is 0 Å². The Balaban J connectivity index is 1.81. The Bertz CT molecular complexity index is 1110. The normalized spacial score (nSPS) is 16.9. The van der Waals surface area contributed by atoms with Crippen molar-refractivity contribution >= 4 is 23.2 Å². The lowest BCUT2D eigenvalue weighted by molar-refractivity contribution is -0.128. The van der Waals surface area contributed by atoms with E-state index in [0.29, 0.717) is 17.2 Å². The van der Waals surface area contributed by atoms with E-state index in [1.807, 2.05) is 55.5 Å². The number of carbonyl (C=O) groups is 2. The summed E-state index contributed by atoms with van der Waals surface area (Å²) in [4.78, 5) is 29.7. The summed E-state index contributed by atoms with van der Waals surface area (Å²) in [5.41, 5.74) is 3.67. The molecule has 3 aromatic carbocycles. The number of halogens is 1. The van der Waals surface area contributed by atoms with Crippen LogP contribution in [0.5, 0.6) is 0 Å². The van der Waals surface area contributed by atoms with Gasteiger partial charge in [0.05, 0.1) is 5.69 Å². The van der Waals surface area contributed by atoms with E-state index < -0.39 is 11.9 Å². The highest BCUT2D eigenvalue weighted by atomic mass is 19.1. The monoisotopic (exact) mass is 416 g/mol. The topological polar surface area (TPSA) is 40.6 Å². The average Bonchev–Trinajstić information content (AvgIpc) is 2.76. The average molecular weight is 416 g/mol. The number of hydrogen-bond acceptors (Lipinski definition) is 2. The Kier molecular flexibility index (Phi) is 5.59. The third-order valence-electron chi connectivity index (χ3n) is 5.69. The van der Waals surface area contributed by atoms with E-state index in [1.165, 1.54) is 21.9 Å². The van der Waals surface area contributed by atoms with E-state index in [-0.39, 0.29) is 24.0 Å². The molecule has 0 N–H and O–H groups in total. The second kappa shape index (κ2) is 8.34. The first-order chi connectivity index (χ1) is 14.9. The van der Waals surface area contributed by atoms with E-state index in [9.17, 15) is 14.0 Å². The summed E-state index contributed by atoms with van der Waals surface area (Å²) in [6.45, 7) is 5.95. The summed E-state index contributed by atoms with van der Waals surface area (Å²) in [5.74, 6) is -0.769. The number of anilines is 2. The number of piperazine rings is 1. The lowest BCUT2D eigenvalue weighted by atomic mass is 9.95. The summed E-state index contributed by atoms with van der Waals surface area (Å²) in [7, 11) is 0. The zero-order valence-corrected chi connectivity index (χ0v) is 17.9. The van der Waals surface area contributed by atoms with E-state index in [4.69, 9.17) is 0 Å². The molecule has 0 aromatic heterocycles. The fraction of sp³-hybridized carbons (Fsp3) is 0.231. The maximum absolute atomic E-state index is 14.5. The van der Waals surface area contributed by atoms with E-state index in [1.54, 1.807) is 12.1 Å². The Hall–Kier alpha value is -3.47. The van der Waals surface area contributed by atoms with Gasteiger partial charge in [0, 0.05) is 5.69 Å². The van der Waals surface area contributed by atoms with Crippen LogP contribution in [0.4, 0.5) is 15.8 Å². The van der Waals surface area contributed by atoms with Crippen LogP contribution in [-0.4, -0.2) is 18.4 Å². The molecule has 4 rings (SSSR count). The minimum Gasteiger partial charge on any atom is -0.298 e. The van der Waals surface area contributed by atoms with Crippen molar-refractivity contribution in [3.05, 3.63) is 95.3 Å². The summed E-state index contributed by atoms with van der Waals surface area (Å²) in [5, 5.41) is 0. The second-order valence-electron chi connectivity index (χ2n) is 8.20. The molecule has 2 amide bonds. The number of nitrogens with zero attached hydrogens (tertiary/aromatic N) is 2. The van der Waals surface area contributed by atoms with Gasteiger partial charge in [-0.2, -0.15) is 0 Å². The highest BCUT2D eigenvalue weighted by Gasteiger charge is 2.42. The van der Waals surface area contributed by atoms with Gasteiger partial charge in [-0.1, -0.05) is 67.9 Å². The van der Waals surface area contributed by atoms with Crippen LogP contribution in [0.3, 0.4) is 0 Å². The van der Waals surface area contributed by atoms with Crippen LogP contribution in [0.15, 0.2) is 72.8 Å². The molecular formula is C26H25FN2O2. The molecule has 1 saturated heterocycles. The van der Waals surface area contributed by atoms with Gasteiger partial charge in [-0.05, 0) is 48.2 Å². The summed E-state index contributed by atoms with van der Waals surface area (Å²) in [6, 6.07) is 20.4. The van der Waals surface area contributed by atoms with Crippen molar-refractivity contribution < 1.29 is 14.0 Å². The highest BCUT2D eigenvalue weighted by Crippen LogP contribution is 2.35. The van der Waals surface area contributed by atoms with Crippen LogP contribution in [0, 0.1) is 12.7 Å². The van der Waals surface area contributed by atoms with E-state index >= 15 is 0 Å². The van der Waals surface area contributed by atoms with E-state index in [2.05, 4.69) is 13.8 Å². The predicted octanol–water partition coefficient (Wildman–Crippen LogP) is 5.38. The molecule has 0 aliphatic carbocycles. The summed E-state index contributed by atoms with van der Waals surface area (Å²) in [6.07, 6.45) is 0. The number of amides is 2. The molecule has 1 atom stereocenters. The van der Waals surface area contributed by atoms with Gasteiger partial charge in [0.2, 0.25) is 5.91 Å². The van der Waals surface area contributed by atoms with Crippen molar-refractivity contribution in [3.63, 3.8) is 0 Å². The van der Waals surface area contributed by atoms with Crippen molar-refractivity contribution in [3.8, 4) is 0 Å². The van der Waals surface area contributed by atoms with Crippen molar-refractivity contribution in [2.24, 2.45) is 0 Å². The molecule has 3 aromatic rings. The van der Waals surface area contributed by atoms with Crippen molar-refractivity contribution in [1.82, 2.24) is 0 Å². The first kappa shape index (κ1) is 20.8. The van der Waals surface area contributed by atoms with Gasteiger partial charge in [0.15, 0.2) is 0 Å². The molecule has 0 spiro atoms. The number of aryl methyl sites for hydroxylation is 1. The van der Waals surface area contributed by atoms with Crippen molar-refractivity contribution in [2.75, 3.05) is 16.3 Å². The third-order valence-corrected chi connectivity index (χ3v) is 5.69. The van der Waals surface area contributed by atoms with Gasteiger partial charge in [-0.15, -0.1) is 0 Å². The van der Waals surface area contributed by atoms with Crippen LogP contribution < -0.4 is 9.80 Å². The second-order valence-corrected chi connectivity index (χ2v) is 8.20. The molecule has 0 unspecified atom stereocenters. The van der Waals surface area contributed by atoms with Gasteiger partial charge in [-0.25, -0.2) is 4.39 Å². The summed E-state index contributed by atoms with van der Waals surface area (Å²) >= 11 is 0. The molecule has 1 aliphatic rings. The zero-order chi connectivity index (χ0) is 22.1. The SMILES string of the molecule is Cc1ccc(N2C(=O)CN(c3ccccc3F)C(=O)[C@H]2c2ccc(C(C)C)cc2)cc1. The van der Waals surface area contributed by atoms with Crippen molar-refractivity contribution in [1.29, 1.82) is 0 Å². The number of carbonyl (C=O) groups excluding carboxylic acids is 2. The number of hydrogen-bond donors (Lipinski definition) is 0. The molecule has 1 fully saturated rings. The van der Waals surface area contributed by atoms with Gasteiger partial charge < -0.3 is 0 Å². The Morgan fingerprint density at radius 3 is 2.16 bits per heavy atom. The standard InChI is InChI=1S/C26H25FN2O2/c1-17(2)19-10-12-20(13-11-19)25-26(31)28(23-7-5-4-6-22(23)27)16-24(30)29(25)21-14-8-18(3)9-15-21/h4-15,17,25H,16H2,1-3H3/t25-/m1/s1. The molecule has 1 heterocycles. The lowest BCUT2D eigenvalue weighted by Gasteiger charge is -2.40. The molecule has 5 heteroatoms. The fourth-order valence-electron chi connectivity index (χ4n) is 3.92.